The highest BCUT2D eigenvalue weighted by atomic mass is 35.5. The van der Waals surface area contributed by atoms with Gasteiger partial charge >= 0.3 is 0 Å². The maximum Gasteiger partial charge on any atom is 0.137 e. The lowest BCUT2D eigenvalue weighted by molar-refractivity contribution is 1.01. The topological polar surface area (TPSA) is 50.7 Å². The number of nitrogens with one attached hydrogen (secondary N) is 1. The normalized spacial score (nSPS) is 10.6. The molecule has 17 heavy (non-hydrogen) atoms. The van der Waals surface area contributed by atoms with Gasteiger partial charge in [0.05, 0.1) is 11.6 Å². The van der Waals surface area contributed by atoms with Crippen molar-refractivity contribution in [2.24, 2.45) is 0 Å². The van der Waals surface area contributed by atoms with Crippen molar-refractivity contribution < 1.29 is 0 Å². The third kappa shape index (κ3) is 2.92. The van der Waals surface area contributed by atoms with E-state index in [1.807, 2.05) is 27.0 Å². The number of nitrogens with zero attached hydrogens (tertiary/aromatic N) is 3. The van der Waals surface area contributed by atoms with Crippen LogP contribution in [-0.4, -0.2) is 15.0 Å². The number of hydrogen-bond donors (Lipinski definition) is 1. The summed E-state index contributed by atoms with van der Waals surface area (Å²) in [7, 11) is 0. The summed E-state index contributed by atoms with van der Waals surface area (Å²) in [5, 5.41) is 4.82. The molecule has 0 aromatic carbocycles. The molecule has 0 aliphatic rings. The number of halogens is 1. The van der Waals surface area contributed by atoms with Crippen molar-refractivity contribution in [2.45, 2.75) is 27.3 Å². The van der Waals surface area contributed by atoms with Crippen molar-refractivity contribution in [1.29, 1.82) is 0 Å². The van der Waals surface area contributed by atoms with Gasteiger partial charge in [-0.3, -0.25) is 0 Å². The van der Waals surface area contributed by atoms with Gasteiger partial charge in [-0.2, -0.15) is 0 Å². The standard InChI is InChI=1S/C11H13ClN4S/c1-6-10(12)15-7(2)16-11(6)14-5-9-4-13-8(3)17-9/h4H,5H2,1-3H3,(H,14,15,16). The molecule has 2 rings (SSSR count). The molecule has 0 bridgehead atoms. The summed E-state index contributed by atoms with van der Waals surface area (Å²) in [5.41, 5.74) is 0.874. The third-order valence-corrected chi connectivity index (χ3v) is 3.58. The number of aryl methyl sites for hydroxylation is 2. The van der Waals surface area contributed by atoms with Gasteiger partial charge < -0.3 is 5.32 Å². The highest BCUT2D eigenvalue weighted by Gasteiger charge is 2.07. The molecular weight excluding hydrogens is 256 g/mol. The number of thiazole rings is 1. The number of hydrogen-bond acceptors (Lipinski definition) is 5. The molecule has 0 saturated heterocycles. The summed E-state index contributed by atoms with van der Waals surface area (Å²) in [6.07, 6.45) is 1.87. The van der Waals surface area contributed by atoms with E-state index in [0.717, 1.165) is 16.4 Å². The molecule has 6 heteroatoms. The van der Waals surface area contributed by atoms with Crippen molar-refractivity contribution >= 4 is 28.8 Å². The first-order valence-corrected chi connectivity index (χ1v) is 6.41. The first kappa shape index (κ1) is 12.3. The SMILES string of the molecule is Cc1nc(Cl)c(C)c(NCc2cnc(C)s2)n1. The molecule has 0 saturated carbocycles. The van der Waals surface area contributed by atoms with Crippen molar-refractivity contribution in [3.63, 3.8) is 0 Å². The van der Waals surface area contributed by atoms with Gasteiger partial charge in [-0.25, -0.2) is 15.0 Å². The Kier molecular flexibility index (Phi) is 3.59. The van der Waals surface area contributed by atoms with Crippen LogP contribution in [0, 0.1) is 20.8 Å². The first-order valence-electron chi connectivity index (χ1n) is 5.22. The summed E-state index contributed by atoms with van der Waals surface area (Å²) in [4.78, 5) is 13.8. The zero-order valence-corrected chi connectivity index (χ0v) is 11.5. The molecule has 2 aromatic rings. The molecule has 1 N–H and O–H groups in total. The van der Waals surface area contributed by atoms with Crippen LogP contribution in [0.5, 0.6) is 0 Å². The highest BCUT2D eigenvalue weighted by Crippen LogP contribution is 2.21. The van der Waals surface area contributed by atoms with E-state index in [2.05, 4.69) is 20.3 Å². The fraction of sp³-hybridized carbons (Fsp3) is 0.364. The van der Waals surface area contributed by atoms with Crippen LogP contribution in [-0.2, 0) is 6.54 Å². The van der Waals surface area contributed by atoms with Gasteiger partial charge in [-0.1, -0.05) is 11.6 Å². The lowest BCUT2D eigenvalue weighted by Gasteiger charge is -2.08. The molecule has 0 spiro atoms. The van der Waals surface area contributed by atoms with Crippen molar-refractivity contribution in [3.05, 3.63) is 32.6 Å². The number of anilines is 1. The van der Waals surface area contributed by atoms with Crippen molar-refractivity contribution in [3.8, 4) is 0 Å². The maximum atomic E-state index is 6.00. The first-order chi connectivity index (χ1) is 8.06. The minimum absolute atomic E-state index is 0.500. The van der Waals surface area contributed by atoms with Crippen LogP contribution in [0.4, 0.5) is 5.82 Å². The lowest BCUT2D eigenvalue weighted by Crippen LogP contribution is -2.04. The molecular formula is C11H13ClN4S. The van der Waals surface area contributed by atoms with Crippen LogP contribution in [0.15, 0.2) is 6.20 Å². The fourth-order valence-electron chi connectivity index (χ4n) is 1.42. The molecule has 0 aliphatic heterocycles. The van der Waals surface area contributed by atoms with Crippen LogP contribution in [0.3, 0.4) is 0 Å². The van der Waals surface area contributed by atoms with E-state index in [9.17, 15) is 0 Å². The Balaban J connectivity index is 2.14. The number of aromatic nitrogens is 3. The molecule has 4 nitrogen and oxygen atoms in total. The quantitative estimate of drug-likeness (QED) is 0.869. The average molecular weight is 269 g/mol. The molecule has 0 atom stereocenters. The molecule has 0 unspecified atom stereocenters. The summed E-state index contributed by atoms with van der Waals surface area (Å²) in [5.74, 6) is 1.46. The average Bonchev–Trinajstić information content (AvgIpc) is 2.67. The Hall–Kier alpha value is -1.20. The van der Waals surface area contributed by atoms with Gasteiger partial charge in [0.2, 0.25) is 0 Å². The molecule has 2 aromatic heterocycles. The van der Waals surface area contributed by atoms with E-state index in [1.165, 1.54) is 4.88 Å². The van der Waals surface area contributed by atoms with E-state index >= 15 is 0 Å². The molecule has 0 radical (unpaired) electrons. The zero-order chi connectivity index (χ0) is 12.4. The molecule has 90 valence electrons. The summed E-state index contributed by atoms with van der Waals surface area (Å²) in [6, 6.07) is 0. The van der Waals surface area contributed by atoms with Crippen molar-refractivity contribution in [2.75, 3.05) is 5.32 Å². The Labute approximate surface area is 109 Å². The molecule has 0 aliphatic carbocycles. The van der Waals surface area contributed by atoms with Crippen LogP contribution in [0.1, 0.15) is 21.3 Å². The van der Waals surface area contributed by atoms with Gasteiger partial charge in [0, 0.05) is 16.6 Å². The Bertz CT molecular complexity index is 538. The minimum atomic E-state index is 0.500. The summed E-state index contributed by atoms with van der Waals surface area (Å²) >= 11 is 7.68. The van der Waals surface area contributed by atoms with Crippen LogP contribution >= 0.6 is 22.9 Å². The second-order valence-corrected chi connectivity index (χ2v) is 5.41. The van der Waals surface area contributed by atoms with E-state index in [1.54, 1.807) is 11.3 Å². The predicted molar refractivity (Wildman–Crippen MR) is 70.7 cm³/mol. The third-order valence-electron chi connectivity index (χ3n) is 2.30. The van der Waals surface area contributed by atoms with E-state index in [-0.39, 0.29) is 0 Å². The van der Waals surface area contributed by atoms with Crippen LogP contribution < -0.4 is 5.32 Å². The largest absolute Gasteiger partial charge is 0.365 e. The van der Waals surface area contributed by atoms with E-state index in [0.29, 0.717) is 17.5 Å². The van der Waals surface area contributed by atoms with Crippen molar-refractivity contribution in [1.82, 2.24) is 15.0 Å². The predicted octanol–water partition coefficient (Wildman–Crippen LogP) is 3.12. The number of rotatable bonds is 3. The minimum Gasteiger partial charge on any atom is -0.365 e. The second-order valence-electron chi connectivity index (χ2n) is 3.73. The Morgan fingerprint density at radius 3 is 2.71 bits per heavy atom. The van der Waals surface area contributed by atoms with E-state index < -0.39 is 0 Å². The second kappa shape index (κ2) is 4.98. The summed E-state index contributed by atoms with van der Waals surface area (Å²) < 4.78 is 0. The Morgan fingerprint density at radius 1 is 1.29 bits per heavy atom. The summed E-state index contributed by atoms with van der Waals surface area (Å²) in [6.45, 7) is 6.43. The van der Waals surface area contributed by atoms with Gasteiger partial charge in [0.25, 0.3) is 0 Å². The van der Waals surface area contributed by atoms with Crippen LogP contribution in [0.2, 0.25) is 5.15 Å². The van der Waals surface area contributed by atoms with Gasteiger partial charge in [0.15, 0.2) is 0 Å². The monoisotopic (exact) mass is 268 g/mol. The molecule has 0 fully saturated rings. The smallest absolute Gasteiger partial charge is 0.137 e. The fourth-order valence-corrected chi connectivity index (χ4v) is 2.37. The van der Waals surface area contributed by atoms with Gasteiger partial charge in [-0.15, -0.1) is 11.3 Å². The highest BCUT2D eigenvalue weighted by molar-refractivity contribution is 7.11. The lowest BCUT2D eigenvalue weighted by atomic mass is 10.3. The zero-order valence-electron chi connectivity index (χ0n) is 9.91. The van der Waals surface area contributed by atoms with Crippen LogP contribution in [0.25, 0.3) is 0 Å². The maximum absolute atomic E-state index is 6.00. The van der Waals surface area contributed by atoms with Gasteiger partial charge in [0.1, 0.15) is 16.8 Å². The van der Waals surface area contributed by atoms with Gasteiger partial charge in [-0.05, 0) is 20.8 Å². The Morgan fingerprint density at radius 2 is 2.06 bits per heavy atom. The molecule has 2 heterocycles. The van der Waals surface area contributed by atoms with E-state index in [4.69, 9.17) is 11.6 Å². The molecule has 0 amide bonds.